The van der Waals surface area contributed by atoms with Crippen molar-refractivity contribution in [2.75, 3.05) is 6.54 Å². The first kappa shape index (κ1) is 24.8. The molecule has 1 unspecified atom stereocenters. The van der Waals surface area contributed by atoms with Gasteiger partial charge in [0.25, 0.3) is 5.91 Å². The Kier molecular flexibility index (Phi) is 7.38. The van der Waals surface area contributed by atoms with Crippen LogP contribution in [0.1, 0.15) is 25.8 Å². The Morgan fingerprint density at radius 2 is 1.88 bits per heavy atom. The van der Waals surface area contributed by atoms with Crippen molar-refractivity contribution in [3.8, 4) is 5.75 Å². The number of hydroxylamine groups is 1. The van der Waals surface area contributed by atoms with E-state index in [1.54, 1.807) is 37.5 Å². The van der Waals surface area contributed by atoms with Gasteiger partial charge < -0.3 is 9.84 Å². The van der Waals surface area contributed by atoms with E-state index < -0.39 is 33.5 Å². The Bertz CT molecular complexity index is 1090. The van der Waals surface area contributed by atoms with Gasteiger partial charge in [0.15, 0.2) is 0 Å². The summed E-state index contributed by atoms with van der Waals surface area (Å²) in [6.07, 6.45) is -0.744. The van der Waals surface area contributed by atoms with Crippen LogP contribution in [0.15, 0.2) is 47.4 Å². The summed E-state index contributed by atoms with van der Waals surface area (Å²) in [6.45, 7) is 3.22. The molecule has 11 heteroatoms. The molecule has 0 saturated carbocycles. The lowest BCUT2D eigenvalue weighted by Gasteiger charge is -2.45. The maximum Gasteiger partial charge on any atom is 0.262 e. The molecule has 1 amide bonds. The van der Waals surface area contributed by atoms with Crippen LogP contribution in [0.3, 0.4) is 0 Å². The third-order valence-corrected chi connectivity index (χ3v) is 7.81. The van der Waals surface area contributed by atoms with Gasteiger partial charge in [0, 0.05) is 22.2 Å². The first-order valence-electron chi connectivity index (χ1n) is 9.76. The topological polar surface area (TPSA) is 116 Å². The number of carbonyl (C=O) groups excluding carboxylic acids is 1. The molecule has 8 nitrogen and oxygen atoms in total. The van der Waals surface area contributed by atoms with Gasteiger partial charge in [0.1, 0.15) is 18.4 Å². The zero-order chi connectivity index (χ0) is 23.7. The van der Waals surface area contributed by atoms with Gasteiger partial charge in [0.05, 0.1) is 11.0 Å². The molecule has 2 aromatic carbocycles. The van der Waals surface area contributed by atoms with Gasteiger partial charge in [-0.25, -0.2) is 13.9 Å². The van der Waals surface area contributed by atoms with Crippen LogP contribution < -0.4 is 10.2 Å². The molecule has 2 aromatic rings. The first-order valence-corrected chi connectivity index (χ1v) is 12.0. The van der Waals surface area contributed by atoms with Crippen LogP contribution in [-0.4, -0.2) is 47.6 Å². The van der Waals surface area contributed by atoms with Crippen molar-refractivity contribution in [1.82, 2.24) is 9.79 Å². The van der Waals surface area contributed by atoms with E-state index in [-0.39, 0.29) is 24.5 Å². The molecular formula is C21H24Cl2N2O6S. The number of piperidine rings is 1. The number of carbonyl (C=O) groups is 1. The molecule has 3 N–H and O–H groups in total. The number of amides is 1. The summed E-state index contributed by atoms with van der Waals surface area (Å²) in [6, 6.07) is 9.53. The molecule has 1 fully saturated rings. The van der Waals surface area contributed by atoms with Crippen LogP contribution >= 0.6 is 23.2 Å². The van der Waals surface area contributed by atoms with Gasteiger partial charge >= 0.3 is 0 Å². The summed E-state index contributed by atoms with van der Waals surface area (Å²) in [5, 5.41) is 20.3. The van der Waals surface area contributed by atoms with E-state index in [9.17, 15) is 18.3 Å². The molecule has 0 spiro atoms. The summed E-state index contributed by atoms with van der Waals surface area (Å²) in [5.41, 5.74) is 1.36. The lowest BCUT2D eigenvalue weighted by Crippen LogP contribution is -2.62. The minimum Gasteiger partial charge on any atom is -0.489 e. The Hall–Kier alpha value is -1.88. The highest BCUT2D eigenvalue weighted by atomic mass is 35.5. The fraction of sp³-hybridized carbons (Fsp3) is 0.381. The molecule has 1 aliphatic rings. The molecule has 3 rings (SSSR count). The number of ether oxygens (including phenoxy) is 1. The number of β-amino-alcohol motifs (C(OH)–C–C–N with tert-alkyl or cyclic N) is 1. The van der Waals surface area contributed by atoms with Crippen LogP contribution in [0, 0.1) is 5.41 Å². The minimum absolute atomic E-state index is 0.0741. The van der Waals surface area contributed by atoms with Crippen LogP contribution in [0.25, 0.3) is 0 Å². The summed E-state index contributed by atoms with van der Waals surface area (Å²) in [4.78, 5) is 12.2. The second-order valence-electron chi connectivity index (χ2n) is 8.30. The molecule has 1 heterocycles. The van der Waals surface area contributed by atoms with E-state index in [2.05, 4.69) is 0 Å². The highest BCUT2D eigenvalue weighted by molar-refractivity contribution is 7.89. The zero-order valence-electron chi connectivity index (χ0n) is 17.5. The SMILES string of the molecule is CC1(C)C[C@@H](O)CN(S(=O)(=O)c2ccc(OCc3ccc(Cl)cc3Cl)cc2)C1C(=O)NO. The number of rotatable bonds is 6. The largest absolute Gasteiger partial charge is 0.489 e. The van der Waals surface area contributed by atoms with E-state index >= 15 is 0 Å². The molecule has 32 heavy (non-hydrogen) atoms. The predicted molar refractivity (Wildman–Crippen MR) is 119 cm³/mol. The zero-order valence-corrected chi connectivity index (χ0v) is 19.8. The summed E-state index contributed by atoms with van der Waals surface area (Å²) < 4.78 is 33.2. The van der Waals surface area contributed by atoms with Crippen molar-refractivity contribution in [3.63, 3.8) is 0 Å². The molecule has 174 valence electrons. The highest BCUT2D eigenvalue weighted by Gasteiger charge is 2.50. The number of benzene rings is 2. The molecule has 0 aliphatic carbocycles. The molecule has 0 bridgehead atoms. The van der Waals surface area contributed by atoms with Gasteiger partial charge in [0.2, 0.25) is 10.0 Å². The number of aliphatic hydroxyl groups excluding tert-OH is 1. The van der Waals surface area contributed by atoms with Crippen LogP contribution in [0.2, 0.25) is 10.0 Å². The highest BCUT2D eigenvalue weighted by Crippen LogP contribution is 2.38. The number of hydrogen-bond donors (Lipinski definition) is 3. The Balaban J connectivity index is 1.82. The predicted octanol–water partition coefficient (Wildman–Crippen LogP) is 3.23. The van der Waals surface area contributed by atoms with Crippen LogP contribution in [-0.2, 0) is 21.4 Å². The number of aliphatic hydroxyl groups is 1. The molecule has 2 atom stereocenters. The monoisotopic (exact) mass is 502 g/mol. The minimum atomic E-state index is -4.16. The maximum absolute atomic E-state index is 13.3. The van der Waals surface area contributed by atoms with E-state index in [4.69, 9.17) is 33.1 Å². The Morgan fingerprint density at radius 1 is 1.22 bits per heavy atom. The standard InChI is InChI=1S/C21H24Cl2N2O6S/c1-21(2)10-15(26)11-25(19(21)20(27)24-28)32(29,30)17-7-5-16(6-8-17)31-12-13-3-4-14(22)9-18(13)23/h3-9,15,19,26,28H,10-12H2,1-2H3,(H,24,27)/t15-,19?/m1/s1. The Morgan fingerprint density at radius 3 is 2.47 bits per heavy atom. The average Bonchev–Trinajstić information content (AvgIpc) is 2.71. The number of nitrogens with one attached hydrogen (secondary N) is 1. The van der Waals surface area contributed by atoms with E-state index in [0.717, 1.165) is 9.87 Å². The molecule has 1 saturated heterocycles. The lowest BCUT2D eigenvalue weighted by molar-refractivity contribution is -0.140. The third kappa shape index (κ3) is 5.19. The van der Waals surface area contributed by atoms with Gasteiger partial charge in [-0.15, -0.1) is 0 Å². The second kappa shape index (κ2) is 9.54. The maximum atomic E-state index is 13.3. The fourth-order valence-electron chi connectivity index (χ4n) is 3.91. The van der Waals surface area contributed by atoms with Crippen molar-refractivity contribution in [3.05, 3.63) is 58.1 Å². The first-order chi connectivity index (χ1) is 15.0. The average molecular weight is 503 g/mol. The fourth-order valence-corrected chi connectivity index (χ4v) is 6.15. The van der Waals surface area contributed by atoms with Crippen molar-refractivity contribution >= 4 is 39.1 Å². The van der Waals surface area contributed by atoms with Crippen LogP contribution in [0.5, 0.6) is 5.75 Å². The van der Waals surface area contributed by atoms with Gasteiger partial charge in [-0.2, -0.15) is 4.31 Å². The molecular weight excluding hydrogens is 479 g/mol. The second-order valence-corrected chi connectivity index (χ2v) is 11.0. The number of halogens is 2. The van der Waals surface area contributed by atoms with E-state index in [1.807, 2.05) is 0 Å². The summed E-state index contributed by atoms with van der Waals surface area (Å²) in [5.74, 6) is -0.441. The molecule has 0 radical (unpaired) electrons. The quantitative estimate of drug-likeness (QED) is 0.412. The van der Waals surface area contributed by atoms with Gasteiger partial charge in [-0.05, 0) is 48.2 Å². The molecule has 0 aromatic heterocycles. The number of hydrogen-bond acceptors (Lipinski definition) is 6. The molecule has 1 aliphatic heterocycles. The third-order valence-electron chi connectivity index (χ3n) is 5.38. The van der Waals surface area contributed by atoms with E-state index in [0.29, 0.717) is 15.8 Å². The van der Waals surface area contributed by atoms with Crippen molar-refractivity contribution in [2.24, 2.45) is 5.41 Å². The van der Waals surface area contributed by atoms with Crippen LogP contribution in [0.4, 0.5) is 0 Å². The summed E-state index contributed by atoms with van der Waals surface area (Å²) in [7, 11) is -4.16. The number of sulfonamides is 1. The van der Waals surface area contributed by atoms with Crippen molar-refractivity contribution in [1.29, 1.82) is 0 Å². The smallest absolute Gasteiger partial charge is 0.262 e. The van der Waals surface area contributed by atoms with Gasteiger partial charge in [-0.1, -0.05) is 43.1 Å². The normalized spacial score (nSPS) is 21.2. The van der Waals surface area contributed by atoms with Crippen molar-refractivity contribution < 1.29 is 28.3 Å². The van der Waals surface area contributed by atoms with E-state index in [1.165, 1.54) is 24.3 Å². The van der Waals surface area contributed by atoms with Crippen molar-refractivity contribution in [2.45, 2.75) is 43.9 Å². The van der Waals surface area contributed by atoms with Gasteiger partial charge in [-0.3, -0.25) is 10.0 Å². The Labute approximate surface area is 196 Å². The lowest BCUT2D eigenvalue weighted by atomic mass is 9.76. The summed E-state index contributed by atoms with van der Waals surface area (Å²) >= 11 is 12.0. The number of nitrogens with zero attached hydrogens (tertiary/aromatic N) is 1.